The molecule has 0 aliphatic heterocycles. The molecule has 20 heavy (non-hydrogen) atoms. The molecule has 0 aliphatic rings. The summed E-state index contributed by atoms with van der Waals surface area (Å²) in [6.45, 7) is 11.1. The second kappa shape index (κ2) is 7.77. The highest BCUT2D eigenvalue weighted by Crippen LogP contribution is 2.17. The second-order valence-electron chi connectivity index (χ2n) is 6.36. The van der Waals surface area contributed by atoms with E-state index < -0.39 is 6.10 Å². The van der Waals surface area contributed by atoms with E-state index in [1.54, 1.807) is 0 Å². The number of hydrogen-bond acceptors (Lipinski definition) is 3. The molecule has 0 fully saturated rings. The molecule has 0 saturated heterocycles. The molecule has 0 amide bonds. The summed E-state index contributed by atoms with van der Waals surface area (Å²) in [5.41, 5.74) is 2.33. The van der Waals surface area contributed by atoms with E-state index in [2.05, 4.69) is 43.4 Å². The van der Waals surface area contributed by atoms with Gasteiger partial charge in [-0.1, -0.05) is 36.8 Å². The van der Waals surface area contributed by atoms with Gasteiger partial charge in [-0.15, -0.1) is 0 Å². The van der Waals surface area contributed by atoms with Crippen LogP contribution in [-0.2, 0) is 4.74 Å². The van der Waals surface area contributed by atoms with Crippen molar-refractivity contribution in [1.29, 1.82) is 0 Å². The number of hydrogen-bond donors (Lipinski definition) is 2. The first-order valence-corrected chi connectivity index (χ1v) is 7.44. The van der Waals surface area contributed by atoms with Crippen molar-refractivity contribution < 1.29 is 9.84 Å². The molecule has 0 radical (unpaired) electrons. The predicted molar refractivity (Wildman–Crippen MR) is 83.9 cm³/mol. The van der Waals surface area contributed by atoms with Gasteiger partial charge in [0.2, 0.25) is 0 Å². The van der Waals surface area contributed by atoms with Crippen LogP contribution < -0.4 is 5.32 Å². The molecule has 0 heterocycles. The number of aryl methyl sites for hydroxylation is 1. The van der Waals surface area contributed by atoms with Crippen LogP contribution in [0.5, 0.6) is 0 Å². The molecule has 114 valence electrons. The first-order valence-electron chi connectivity index (χ1n) is 7.44. The van der Waals surface area contributed by atoms with E-state index in [-0.39, 0.29) is 11.6 Å². The summed E-state index contributed by atoms with van der Waals surface area (Å²) in [6.07, 6.45) is 0.518. The quantitative estimate of drug-likeness (QED) is 0.805. The van der Waals surface area contributed by atoms with Crippen LogP contribution >= 0.6 is 0 Å². The van der Waals surface area contributed by atoms with Gasteiger partial charge in [0.15, 0.2) is 0 Å². The van der Waals surface area contributed by atoms with Crippen LogP contribution in [0.25, 0.3) is 0 Å². The lowest BCUT2D eigenvalue weighted by molar-refractivity contribution is -0.0484. The molecule has 0 aliphatic carbocycles. The number of ether oxygens (including phenoxy) is 1. The maximum atomic E-state index is 9.96. The highest BCUT2D eigenvalue weighted by Gasteiger charge is 2.15. The maximum Gasteiger partial charge on any atom is 0.0898 e. The minimum absolute atomic E-state index is 0.206. The molecule has 3 heteroatoms. The Balaban J connectivity index is 2.43. The topological polar surface area (TPSA) is 41.5 Å². The highest BCUT2D eigenvalue weighted by atomic mass is 16.5. The average Bonchev–Trinajstić information content (AvgIpc) is 2.38. The van der Waals surface area contributed by atoms with Gasteiger partial charge >= 0.3 is 0 Å². The summed E-state index contributed by atoms with van der Waals surface area (Å²) in [4.78, 5) is 0. The van der Waals surface area contributed by atoms with Crippen LogP contribution in [0.3, 0.4) is 0 Å². The molecule has 0 bridgehead atoms. The van der Waals surface area contributed by atoms with E-state index in [0.717, 1.165) is 6.42 Å². The fraction of sp³-hybridized carbons (Fsp3) is 0.647. The lowest BCUT2D eigenvalue weighted by Crippen LogP contribution is -2.35. The molecule has 1 aromatic rings. The number of rotatable bonds is 7. The van der Waals surface area contributed by atoms with Crippen molar-refractivity contribution in [3.63, 3.8) is 0 Å². The Morgan fingerprint density at radius 1 is 1.20 bits per heavy atom. The van der Waals surface area contributed by atoms with Gasteiger partial charge in [-0.25, -0.2) is 0 Å². The summed E-state index contributed by atoms with van der Waals surface area (Å²) < 4.78 is 5.59. The molecule has 1 rings (SSSR count). The van der Waals surface area contributed by atoms with Gasteiger partial charge in [-0.2, -0.15) is 0 Å². The normalized spacial score (nSPS) is 15.1. The van der Waals surface area contributed by atoms with Crippen molar-refractivity contribution in [3.8, 4) is 0 Å². The SMILES string of the molecule is CCC(NCC(O)COC(C)(C)C)c1ccc(C)cc1. The fourth-order valence-electron chi connectivity index (χ4n) is 1.98. The third-order valence-corrected chi connectivity index (χ3v) is 3.20. The summed E-state index contributed by atoms with van der Waals surface area (Å²) in [7, 11) is 0. The van der Waals surface area contributed by atoms with E-state index in [4.69, 9.17) is 4.74 Å². The Morgan fingerprint density at radius 3 is 2.30 bits per heavy atom. The molecule has 0 saturated carbocycles. The molecule has 2 N–H and O–H groups in total. The van der Waals surface area contributed by atoms with Gasteiger partial charge in [0.05, 0.1) is 18.3 Å². The highest BCUT2D eigenvalue weighted by molar-refractivity contribution is 5.24. The standard InChI is InChI=1S/C17H29NO2/c1-6-16(14-9-7-13(2)8-10-14)18-11-15(19)12-20-17(3,4)5/h7-10,15-16,18-19H,6,11-12H2,1-5H3. The van der Waals surface area contributed by atoms with Crippen LogP contribution in [0.15, 0.2) is 24.3 Å². The monoisotopic (exact) mass is 279 g/mol. The van der Waals surface area contributed by atoms with Gasteiger partial charge in [0.25, 0.3) is 0 Å². The molecule has 0 aromatic heterocycles. The smallest absolute Gasteiger partial charge is 0.0898 e. The van der Waals surface area contributed by atoms with Gasteiger partial charge in [0, 0.05) is 12.6 Å². The van der Waals surface area contributed by atoms with Gasteiger partial charge in [-0.05, 0) is 39.7 Å². The lowest BCUT2D eigenvalue weighted by Gasteiger charge is -2.24. The van der Waals surface area contributed by atoms with Crippen molar-refractivity contribution in [3.05, 3.63) is 35.4 Å². The van der Waals surface area contributed by atoms with E-state index in [9.17, 15) is 5.11 Å². The molecular weight excluding hydrogens is 250 g/mol. The van der Waals surface area contributed by atoms with Crippen LogP contribution in [0.2, 0.25) is 0 Å². The van der Waals surface area contributed by atoms with E-state index in [1.807, 2.05) is 20.8 Å². The van der Waals surface area contributed by atoms with Gasteiger partial charge in [-0.3, -0.25) is 0 Å². The maximum absolute atomic E-state index is 9.96. The van der Waals surface area contributed by atoms with Crippen LogP contribution in [0.4, 0.5) is 0 Å². The number of aliphatic hydroxyl groups is 1. The summed E-state index contributed by atoms with van der Waals surface area (Å²) >= 11 is 0. The molecule has 2 unspecified atom stereocenters. The third kappa shape index (κ3) is 6.51. The molecule has 3 nitrogen and oxygen atoms in total. The second-order valence-corrected chi connectivity index (χ2v) is 6.36. The summed E-state index contributed by atoms with van der Waals surface area (Å²) in [6, 6.07) is 8.82. The van der Waals surface area contributed by atoms with Crippen LogP contribution in [0, 0.1) is 6.92 Å². The van der Waals surface area contributed by atoms with Gasteiger partial charge < -0.3 is 15.2 Å². The minimum Gasteiger partial charge on any atom is -0.389 e. The van der Waals surface area contributed by atoms with Crippen LogP contribution in [-0.4, -0.2) is 30.0 Å². The van der Waals surface area contributed by atoms with Crippen molar-refractivity contribution in [2.75, 3.05) is 13.2 Å². The zero-order valence-electron chi connectivity index (χ0n) is 13.4. The zero-order chi connectivity index (χ0) is 15.2. The Hall–Kier alpha value is -0.900. The Labute approximate surface area is 123 Å². The van der Waals surface area contributed by atoms with E-state index in [0.29, 0.717) is 13.2 Å². The number of benzene rings is 1. The first-order chi connectivity index (χ1) is 9.31. The lowest BCUT2D eigenvalue weighted by atomic mass is 10.0. The Morgan fingerprint density at radius 2 is 1.80 bits per heavy atom. The van der Waals surface area contributed by atoms with Crippen molar-refractivity contribution in [1.82, 2.24) is 5.32 Å². The summed E-state index contributed by atoms with van der Waals surface area (Å²) in [5.74, 6) is 0. The van der Waals surface area contributed by atoms with E-state index >= 15 is 0 Å². The molecule has 1 aromatic carbocycles. The van der Waals surface area contributed by atoms with Gasteiger partial charge in [0.1, 0.15) is 0 Å². The third-order valence-electron chi connectivity index (χ3n) is 3.20. The summed E-state index contributed by atoms with van der Waals surface area (Å²) in [5, 5.41) is 13.4. The predicted octanol–water partition coefficient (Wildman–Crippen LogP) is 3.21. The number of nitrogens with one attached hydrogen (secondary N) is 1. The molecule has 2 atom stereocenters. The Kier molecular flexibility index (Phi) is 6.66. The van der Waals surface area contributed by atoms with Crippen molar-refractivity contribution in [2.24, 2.45) is 0 Å². The zero-order valence-corrected chi connectivity index (χ0v) is 13.4. The minimum atomic E-state index is -0.478. The largest absolute Gasteiger partial charge is 0.389 e. The number of aliphatic hydroxyl groups excluding tert-OH is 1. The van der Waals surface area contributed by atoms with Crippen molar-refractivity contribution in [2.45, 2.75) is 58.8 Å². The first kappa shape index (κ1) is 17.2. The van der Waals surface area contributed by atoms with E-state index in [1.165, 1.54) is 11.1 Å². The fourth-order valence-corrected chi connectivity index (χ4v) is 1.98. The average molecular weight is 279 g/mol. The molecular formula is C17H29NO2. The molecule has 0 spiro atoms. The van der Waals surface area contributed by atoms with Crippen LogP contribution in [0.1, 0.15) is 51.3 Å². The Bertz CT molecular complexity index is 381. The van der Waals surface area contributed by atoms with Crippen molar-refractivity contribution >= 4 is 0 Å².